The van der Waals surface area contributed by atoms with Crippen LogP contribution in [0.1, 0.15) is 23.1 Å². The van der Waals surface area contributed by atoms with Gasteiger partial charge in [0.15, 0.2) is 0 Å². The van der Waals surface area contributed by atoms with Crippen LogP contribution >= 0.6 is 0 Å². The fraction of sp³-hybridized carbons (Fsp3) is 0.333. The predicted molar refractivity (Wildman–Crippen MR) is 101 cm³/mol. The van der Waals surface area contributed by atoms with Gasteiger partial charge in [0.25, 0.3) is 0 Å². The van der Waals surface area contributed by atoms with Crippen molar-refractivity contribution in [2.75, 3.05) is 13.7 Å². The van der Waals surface area contributed by atoms with Gasteiger partial charge in [0, 0.05) is 19.5 Å². The minimum absolute atomic E-state index is 0.0484. The highest BCUT2D eigenvalue weighted by Crippen LogP contribution is 2.28. The van der Waals surface area contributed by atoms with Gasteiger partial charge in [-0.15, -0.1) is 0 Å². The first-order chi connectivity index (χ1) is 13.0. The van der Waals surface area contributed by atoms with Crippen molar-refractivity contribution in [1.82, 2.24) is 10.6 Å². The van der Waals surface area contributed by atoms with Crippen LogP contribution < -0.4 is 15.4 Å². The zero-order valence-corrected chi connectivity index (χ0v) is 15.3. The fourth-order valence-electron chi connectivity index (χ4n) is 3.31. The molecule has 0 spiro atoms. The zero-order chi connectivity index (χ0) is 19.3. The third kappa shape index (κ3) is 4.86. The summed E-state index contributed by atoms with van der Waals surface area (Å²) in [5.41, 5.74) is 2.11. The van der Waals surface area contributed by atoms with E-state index < -0.39 is 17.4 Å². The molecular weight excluding hydrogens is 344 g/mol. The Balaban J connectivity index is 1.49. The van der Waals surface area contributed by atoms with E-state index in [1.165, 1.54) is 5.56 Å². The maximum atomic E-state index is 12.1. The van der Waals surface area contributed by atoms with Crippen molar-refractivity contribution in [1.29, 1.82) is 0 Å². The number of methoxy groups -OCH3 is 1. The van der Waals surface area contributed by atoms with Crippen molar-refractivity contribution < 1.29 is 19.4 Å². The summed E-state index contributed by atoms with van der Waals surface area (Å²) in [4.78, 5) is 24.1. The van der Waals surface area contributed by atoms with Crippen molar-refractivity contribution in [3.05, 3.63) is 65.2 Å². The highest BCUT2D eigenvalue weighted by atomic mass is 16.5. The number of hydrogen-bond donors (Lipinski definition) is 3. The molecule has 1 unspecified atom stereocenters. The lowest BCUT2D eigenvalue weighted by Crippen LogP contribution is -2.50. The van der Waals surface area contributed by atoms with Gasteiger partial charge in [-0.25, -0.2) is 0 Å². The summed E-state index contributed by atoms with van der Waals surface area (Å²) in [6.45, 7) is 0.272. The van der Waals surface area contributed by atoms with Crippen LogP contribution in [0, 0.1) is 0 Å². The second-order valence-corrected chi connectivity index (χ2v) is 6.89. The Kier molecular flexibility index (Phi) is 5.76. The Hall–Kier alpha value is -2.86. The number of rotatable bonds is 5. The molecule has 6 heteroatoms. The van der Waals surface area contributed by atoms with Crippen LogP contribution in [0.3, 0.4) is 0 Å². The predicted octanol–water partition coefficient (Wildman–Crippen LogP) is 1.35. The molecule has 0 saturated heterocycles. The molecule has 0 saturated carbocycles. The van der Waals surface area contributed by atoms with Gasteiger partial charge < -0.3 is 20.5 Å². The first-order valence-corrected chi connectivity index (χ1v) is 8.97. The van der Waals surface area contributed by atoms with Gasteiger partial charge in [0.2, 0.25) is 0 Å². The molecule has 142 valence electrons. The lowest BCUT2D eigenvalue weighted by Gasteiger charge is -2.33. The number of nitrogens with one attached hydrogen (secondary N) is 2. The van der Waals surface area contributed by atoms with Gasteiger partial charge in [-0.05, 0) is 41.7 Å². The second kappa shape index (κ2) is 8.22. The lowest BCUT2D eigenvalue weighted by molar-refractivity contribution is -0.140. The third-order valence-corrected chi connectivity index (χ3v) is 4.87. The number of carbonyl (C=O) groups is 2. The molecule has 27 heavy (non-hydrogen) atoms. The quantitative estimate of drug-likeness (QED) is 0.695. The molecule has 3 N–H and O–H groups in total. The minimum Gasteiger partial charge on any atom is -0.497 e. The fourth-order valence-corrected chi connectivity index (χ4v) is 3.31. The molecular formula is C21H24N2O4. The summed E-state index contributed by atoms with van der Waals surface area (Å²) in [7, 11) is 1.57. The van der Waals surface area contributed by atoms with E-state index in [1.807, 2.05) is 30.3 Å². The molecule has 2 amide bonds. The van der Waals surface area contributed by atoms with Crippen LogP contribution in [0.5, 0.6) is 5.75 Å². The molecule has 1 atom stereocenters. The highest BCUT2D eigenvalue weighted by molar-refractivity contribution is 6.35. The first kappa shape index (κ1) is 18.9. The van der Waals surface area contributed by atoms with E-state index in [0.29, 0.717) is 18.6 Å². The van der Waals surface area contributed by atoms with Crippen molar-refractivity contribution in [3.8, 4) is 5.75 Å². The van der Waals surface area contributed by atoms with E-state index in [0.717, 1.165) is 17.5 Å². The number of aryl methyl sites for hydroxylation is 1. The van der Waals surface area contributed by atoms with Crippen LogP contribution in [0.15, 0.2) is 48.5 Å². The maximum Gasteiger partial charge on any atom is 0.309 e. The Morgan fingerprint density at radius 2 is 1.81 bits per heavy atom. The van der Waals surface area contributed by atoms with E-state index >= 15 is 0 Å². The van der Waals surface area contributed by atoms with Crippen LogP contribution in [0.25, 0.3) is 0 Å². The Morgan fingerprint density at radius 1 is 1.07 bits per heavy atom. The van der Waals surface area contributed by atoms with Crippen LogP contribution in [-0.2, 0) is 29.0 Å². The van der Waals surface area contributed by atoms with Crippen LogP contribution in [0.4, 0.5) is 0 Å². The van der Waals surface area contributed by atoms with E-state index in [4.69, 9.17) is 4.74 Å². The topological polar surface area (TPSA) is 87.7 Å². The Bertz CT molecular complexity index is 836. The van der Waals surface area contributed by atoms with E-state index in [2.05, 4.69) is 16.7 Å². The van der Waals surface area contributed by atoms with Gasteiger partial charge >= 0.3 is 11.8 Å². The molecule has 0 aromatic heterocycles. The smallest absolute Gasteiger partial charge is 0.309 e. The molecule has 0 radical (unpaired) electrons. The van der Waals surface area contributed by atoms with E-state index in [9.17, 15) is 14.7 Å². The summed E-state index contributed by atoms with van der Waals surface area (Å²) in [5, 5.41) is 15.9. The zero-order valence-electron chi connectivity index (χ0n) is 15.3. The molecule has 1 aliphatic rings. The monoisotopic (exact) mass is 368 g/mol. The number of fused-ring (bicyclic) bond motifs is 1. The van der Waals surface area contributed by atoms with Crippen LogP contribution in [0.2, 0.25) is 0 Å². The Morgan fingerprint density at radius 3 is 2.59 bits per heavy atom. The summed E-state index contributed by atoms with van der Waals surface area (Å²) >= 11 is 0. The third-order valence-electron chi connectivity index (χ3n) is 4.87. The van der Waals surface area contributed by atoms with Crippen molar-refractivity contribution in [2.45, 2.75) is 31.4 Å². The van der Waals surface area contributed by atoms with Gasteiger partial charge in [-0.3, -0.25) is 9.59 Å². The number of amides is 2. The SMILES string of the molecule is COc1cccc(CNC(=O)C(=O)NCC2(O)CCc3ccccc3C2)c1. The summed E-state index contributed by atoms with van der Waals surface area (Å²) < 4.78 is 5.13. The van der Waals surface area contributed by atoms with E-state index in [-0.39, 0.29) is 13.1 Å². The van der Waals surface area contributed by atoms with Crippen molar-refractivity contribution in [2.24, 2.45) is 0 Å². The van der Waals surface area contributed by atoms with Gasteiger partial charge in [-0.1, -0.05) is 36.4 Å². The molecule has 1 aliphatic carbocycles. The molecule has 0 aliphatic heterocycles. The molecule has 2 aromatic carbocycles. The first-order valence-electron chi connectivity index (χ1n) is 8.97. The number of benzene rings is 2. The second-order valence-electron chi connectivity index (χ2n) is 6.89. The van der Waals surface area contributed by atoms with E-state index in [1.54, 1.807) is 19.2 Å². The molecule has 2 aromatic rings. The molecule has 6 nitrogen and oxygen atoms in total. The summed E-state index contributed by atoms with van der Waals surface area (Å²) in [6, 6.07) is 15.2. The van der Waals surface area contributed by atoms with Crippen LogP contribution in [-0.4, -0.2) is 36.2 Å². The number of aliphatic hydroxyl groups is 1. The van der Waals surface area contributed by atoms with Gasteiger partial charge in [0.05, 0.1) is 12.7 Å². The summed E-state index contributed by atoms with van der Waals surface area (Å²) in [5.74, 6) is -0.784. The van der Waals surface area contributed by atoms with Crippen molar-refractivity contribution >= 4 is 11.8 Å². The highest BCUT2D eigenvalue weighted by Gasteiger charge is 2.32. The standard InChI is InChI=1S/C21H24N2O4/c1-27-18-8-4-5-15(11-18)13-22-19(24)20(25)23-14-21(26)10-9-16-6-2-3-7-17(16)12-21/h2-8,11,26H,9-10,12-14H2,1H3,(H,22,24)(H,23,25). The average molecular weight is 368 g/mol. The molecule has 3 rings (SSSR count). The lowest BCUT2D eigenvalue weighted by atomic mass is 9.80. The minimum atomic E-state index is -1.03. The largest absolute Gasteiger partial charge is 0.497 e. The molecule has 0 bridgehead atoms. The normalized spacial score (nSPS) is 18.3. The molecule has 0 heterocycles. The van der Waals surface area contributed by atoms with Gasteiger partial charge in [0.1, 0.15) is 5.75 Å². The van der Waals surface area contributed by atoms with Crippen molar-refractivity contribution in [3.63, 3.8) is 0 Å². The number of carbonyl (C=O) groups excluding carboxylic acids is 2. The van der Waals surface area contributed by atoms with Gasteiger partial charge in [-0.2, -0.15) is 0 Å². The number of hydrogen-bond acceptors (Lipinski definition) is 4. The molecule has 0 fully saturated rings. The maximum absolute atomic E-state index is 12.1. The Labute approximate surface area is 158 Å². The number of ether oxygens (including phenoxy) is 1. The average Bonchev–Trinajstić information content (AvgIpc) is 2.70. The summed E-state index contributed by atoms with van der Waals surface area (Å²) in [6.07, 6.45) is 1.77.